The van der Waals surface area contributed by atoms with E-state index >= 15 is 0 Å². The van der Waals surface area contributed by atoms with Gasteiger partial charge in [0.25, 0.3) is 0 Å². The molecule has 4 aromatic rings. The molecule has 0 radical (unpaired) electrons. The molecule has 36 heavy (non-hydrogen) atoms. The van der Waals surface area contributed by atoms with E-state index in [1.54, 1.807) is 12.0 Å². The molecular formula is C28H26N4O3S. The van der Waals surface area contributed by atoms with Crippen LogP contribution in [0.1, 0.15) is 12.0 Å². The minimum atomic E-state index is -0.528. The van der Waals surface area contributed by atoms with Crippen LogP contribution in [-0.4, -0.2) is 45.8 Å². The fourth-order valence-corrected chi connectivity index (χ4v) is 5.35. The van der Waals surface area contributed by atoms with Crippen molar-refractivity contribution in [1.29, 1.82) is 0 Å². The van der Waals surface area contributed by atoms with Gasteiger partial charge < -0.3 is 15.0 Å². The molecule has 8 heteroatoms. The number of H-pyrrole nitrogens is 1. The van der Waals surface area contributed by atoms with Gasteiger partial charge >= 0.3 is 0 Å². The molecule has 3 aromatic carbocycles. The maximum absolute atomic E-state index is 13.4. The van der Waals surface area contributed by atoms with Crippen molar-refractivity contribution >= 4 is 51.0 Å². The van der Waals surface area contributed by atoms with E-state index in [4.69, 9.17) is 9.73 Å². The molecule has 1 aliphatic rings. The number of nitrogens with one attached hydrogen (secondary N) is 2. The summed E-state index contributed by atoms with van der Waals surface area (Å²) in [5.41, 5.74) is 3.58. The average molecular weight is 499 g/mol. The van der Waals surface area contributed by atoms with Crippen LogP contribution >= 0.6 is 11.8 Å². The zero-order valence-electron chi connectivity index (χ0n) is 19.8. The fourth-order valence-electron chi connectivity index (χ4n) is 4.17. The normalized spacial score (nSPS) is 16.6. The lowest BCUT2D eigenvalue weighted by Gasteiger charge is -2.16. The number of rotatable bonds is 8. The van der Waals surface area contributed by atoms with Crippen molar-refractivity contribution < 1.29 is 14.3 Å². The van der Waals surface area contributed by atoms with Gasteiger partial charge in [0.15, 0.2) is 5.17 Å². The second-order valence-electron chi connectivity index (χ2n) is 8.42. The van der Waals surface area contributed by atoms with Crippen LogP contribution in [0.25, 0.3) is 10.9 Å². The van der Waals surface area contributed by atoms with Gasteiger partial charge in [0.05, 0.1) is 12.8 Å². The molecule has 182 valence electrons. The number of amides is 2. The molecule has 1 saturated heterocycles. The standard InChI is InChI=1S/C28H26N4O3S/c1-35-22-12-13-24-23(16-22)19(18-29-24)14-15-32-27(34)25(17-26(33)30-20-8-4-2-5-9-20)36-28(32)31-21-10-6-3-7-11-21/h2-13,16,18,25,29H,14-15,17H2,1H3,(H,30,33)/t25-/m0/s1. The summed E-state index contributed by atoms with van der Waals surface area (Å²) in [5, 5.41) is 4.02. The monoisotopic (exact) mass is 498 g/mol. The van der Waals surface area contributed by atoms with E-state index in [2.05, 4.69) is 10.3 Å². The van der Waals surface area contributed by atoms with Crippen LogP contribution in [0.4, 0.5) is 11.4 Å². The number of ether oxygens (including phenoxy) is 1. The number of aromatic nitrogens is 1. The van der Waals surface area contributed by atoms with Crippen LogP contribution < -0.4 is 10.1 Å². The third kappa shape index (κ3) is 5.28. The molecule has 0 unspecified atom stereocenters. The lowest BCUT2D eigenvalue weighted by atomic mass is 10.1. The number of nitrogens with zero attached hydrogens (tertiary/aromatic N) is 2. The van der Waals surface area contributed by atoms with Crippen molar-refractivity contribution in [3.63, 3.8) is 0 Å². The van der Waals surface area contributed by atoms with Gasteiger partial charge in [-0.3, -0.25) is 14.5 Å². The number of hydrogen-bond acceptors (Lipinski definition) is 5. The van der Waals surface area contributed by atoms with Crippen molar-refractivity contribution in [3.8, 4) is 5.75 Å². The number of thioether (sulfide) groups is 1. The van der Waals surface area contributed by atoms with Gasteiger partial charge in [-0.1, -0.05) is 48.2 Å². The number of carbonyl (C=O) groups is 2. The number of aromatic amines is 1. The minimum absolute atomic E-state index is 0.0764. The Morgan fingerprint density at radius 2 is 1.83 bits per heavy atom. The molecule has 1 aromatic heterocycles. The topological polar surface area (TPSA) is 86.8 Å². The van der Waals surface area contributed by atoms with Crippen LogP contribution in [-0.2, 0) is 16.0 Å². The number of aliphatic imine (C=N–C) groups is 1. The zero-order valence-corrected chi connectivity index (χ0v) is 20.6. The predicted octanol–water partition coefficient (Wildman–Crippen LogP) is 5.38. The van der Waals surface area contributed by atoms with Gasteiger partial charge in [0.2, 0.25) is 11.8 Å². The van der Waals surface area contributed by atoms with E-state index in [-0.39, 0.29) is 18.2 Å². The third-order valence-corrected chi connectivity index (χ3v) is 7.18. The Kier molecular flexibility index (Phi) is 7.04. The Balaban J connectivity index is 1.35. The Morgan fingerprint density at radius 1 is 1.08 bits per heavy atom. The Labute approximate surface area is 213 Å². The lowest BCUT2D eigenvalue weighted by molar-refractivity contribution is -0.128. The van der Waals surface area contributed by atoms with E-state index in [1.165, 1.54) is 11.8 Å². The lowest BCUT2D eigenvalue weighted by Crippen LogP contribution is -2.35. The van der Waals surface area contributed by atoms with E-state index < -0.39 is 5.25 Å². The highest BCUT2D eigenvalue weighted by atomic mass is 32.2. The highest BCUT2D eigenvalue weighted by Crippen LogP contribution is 2.33. The molecule has 7 nitrogen and oxygen atoms in total. The summed E-state index contributed by atoms with van der Waals surface area (Å²) in [6, 6.07) is 24.7. The number of para-hydroxylation sites is 2. The maximum Gasteiger partial charge on any atom is 0.242 e. The SMILES string of the molecule is COc1ccc2[nH]cc(CCN3C(=O)[C@H](CC(=O)Nc4ccccc4)SC3=Nc3ccccc3)c2c1. The molecule has 2 heterocycles. The Hall–Kier alpha value is -4.04. The first kappa shape index (κ1) is 23.7. The van der Waals surface area contributed by atoms with E-state index in [1.807, 2.05) is 85.1 Å². The summed E-state index contributed by atoms with van der Waals surface area (Å²) in [6.07, 6.45) is 2.68. The van der Waals surface area contributed by atoms with Crippen molar-refractivity contribution in [2.75, 3.05) is 19.0 Å². The predicted molar refractivity (Wildman–Crippen MR) is 145 cm³/mol. The number of anilines is 1. The summed E-state index contributed by atoms with van der Waals surface area (Å²) in [6.45, 7) is 0.457. The highest BCUT2D eigenvalue weighted by Gasteiger charge is 2.39. The van der Waals surface area contributed by atoms with Gasteiger partial charge in [0, 0.05) is 35.8 Å². The van der Waals surface area contributed by atoms with E-state index in [9.17, 15) is 9.59 Å². The molecular weight excluding hydrogens is 472 g/mol. The number of methoxy groups -OCH3 is 1. The van der Waals surface area contributed by atoms with Gasteiger partial charge in [0.1, 0.15) is 11.0 Å². The first-order chi connectivity index (χ1) is 17.6. The first-order valence-electron chi connectivity index (χ1n) is 11.7. The molecule has 5 rings (SSSR count). The van der Waals surface area contributed by atoms with Gasteiger partial charge in [-0.2, -0.15) is 0 Å². The average Bonchev–Trinajstić information content (AvgIpc) is 3.43. The second kappa shape index (κ2) is 10.7. The molecule has 0 aliphatic carbocycles. The van der Waals surface area contributed by atoms with Crippen molar-refractivity contribution in [2.24, 2.45) is 4.99 Å². The smallest absolute Gasteiger partial charge is 0.242 e. The molecule has 1 aliphatic heterocycles. The van der Waals surface area contributed by atoms with Crippen molar-refractivity contribution in [1.82, 2.24) is 9.88 Å². The van der Waals surface area contributed by atoms with Crippen molar-refractivity contribution in [2.45, 2.75) is 18.1 Å². The summed E-state index contributed by atoms with van der Waals surface area (Å²) in [4.78, 5) is 35.9. The fraction of sp³-hybridized carbons (Fsp3) is 0.179. The van der Waals surface area contributed by atoms with Gasteiger partial charge in [-0.05, 0) is 54.4 Å². The summed E-state index contributed by atoms with van der Waals surface area (Å²) in [5.74, 6) is 0.485. The minimum Gasteiger partial charge on any atom is -0.497 e. The molecule has 0 saturated carbocycles. The quantitative estimate of drug-likeness (QED) is 0.342. The molecule has 0 spiro atoms. The van der Waals surface area contributed by atoms with E-state index in [0.29, 0.717) is 23.8 Å². The molecule has 0 bridgehead atoms. The number of amidine groups is 1. The highest BCUT2D eigenvalue weighted by molar-refractivity contribution is 8.15. The first-order valence-corrected chi connectivity index (χ1v) is 12.6. The summed E-state index contributed by atoms with van der Waals surface area (Å²) in [7, 11) is 1.65. The Morgan fingerprint density at radius 3 is 2.58 bits per heavy atom. The number of fused-ring (bicyclic) bond motifs is 1. The largest absolute Gasteiger partial charge is 0.497 e. The van der Waals surface area contributed by atoms with Crippen LogP contribution in [0.5, 0.6) is 5.75 Å². The molecule has 2 N–H and O–H groups in total. The molecule has 1 fully saturated rings. The summed E-state index contributed by atoms with van der Waals surface area (Å²) >= 11 is 1.35. The van der Waals surface area contributed by atoms with Gasteiger partial charge in [-0.15, -0.1) is 0 Å². The molecule has 1 atom stereocenters. The molecule has 2 amide bonds. The van der Waals surface area contributed by atoms with Crippen LogP contribution in [0, 0.1) is 0 Å². The van der Waals surface area contributed by atoms with Gasteiger partial charge in [-0.25, -0.2) is 4.99 Å². The number of carbonyl (C=O) groups excluding carboxylic acids is 2. The number of hydrogen-bond donors (Lipinski definition) is 2. The van der Waals surface area contributed by atoms with Crippen LogP contribution in [0.2, 0.25) is 0 Å². The second-order valence-corrected chi connectivity index (χ2v) is 9.59. The van der Waals surface area contributed by atoms with Crippen LogP contribution in [0.15, 0.2) is 90.1 Å². The Bertz CT molecular complexity index is 1400. The third-order valence-electron chi connectivity index (χ3n) is 6.01. The zero-order chi connectivity index (χ0) is 24.9. The maximum atomic E-state index is 13.4. The van der Waals surface area contributed by atoms with Crippen molar-refractivity contribution in [3.05, 3.63) is 90.6 Å². The van der Waals surface area contributed by atoms with E-state index in [0.717, 1.165) is 27.9 Å². The summed E-state index contributed by atoms with van der Waals surface area (Å²) < 4.78 is 5.38. The number of benzene rings is 3. The van der Waals surface area contributed by atoms with Crippen LogP contribution in [0.3, 0.4) is 0 Å².